The Labute approximate surface area is 123 Å². The Kier molecular flexibility index (Phi) is 6.65. The van der Waals surface area contributed by atoms with Crippen LogP contribution in [0.25, 0.3) is 0 Å². The maximum absolute atomic E-state index is 13.5. The van der Waals surface area contributed by atoms with Crippen LogP contribution in [0.1, 0.15) is 43.5 Å². The van der Waals surface area contributed by atoms with E-state index in [-0.39, 0.29) is 11.3 Å². The third kappa shape index (κ3) is 5.41. The lowest BCUT2D eigenvalue weighted by molar-refractivity contribution is -0.129. The van der Waals surface area contributed by atoms with Gasteiger partial charge in [0.2, 0.25) is 0 Å². The predicted octanol–water partition coefficient (Wildman–Crippen LogP) is 2.26. The Bertz CT molecular complexity index is 506. The molecule has 116 valence electrons. The number of amides is 1. The molecule has 0 fully saturated rings. The Morgan fingerprint density at radius 3 is 2.76 bits per heavy atom. The zero-order valence-corrected chi connectivity index (χ0v) is 12.3. The van der Waals surface area contributed by atoms with Crippen molar-refractivity contribution in [3.05, 3.63) is 29.6 Å². The molecule has 1 atom stereocenters. The van der Waals surface area contributed by atoms with Gasteiger partial charge >= 0.3 is 5.97 Å². The molecule has 0 heterocycles. The van der Waals surface area contributed by atoms with Crippen LogP contribution in [0.5, 0.6) is 0 Å². The second-order valence-electron chi connectivity index (χ2n) is 4.78. The van der Waals surface area contributed by atoms with Crippen LogP contribution < -0.4 is 11.1 Å². The van der Waals surface area contributed by atoms with Crippen molar-refractivity contribution in [2.24, 2.45) is 0 Å². The first-order chi connectivity index (χ1) is 9.95. The van der Waals surface area contributed by atoms with Crippen LogP contribution in [-0.4, -0.2) is 24.5 Å². The Hall–Kier alpha value is -2.11. The quantitative estimate of drug-likeness (QED) is 0.459. The molecule has 0 saturated heterocycles. The summed E-state index contributed by atoms with van der Waals surface area (Å²) in [4.78, 5) is 23.5. The number of carbonyl (C=O) groups excluding carboxylic acids is 2. The average Bonchev–Trinajstić information content (AvgIpc) is 2.45. The SMILES string of the molecule is CCCCCNC(=O)C(C)OC(=O)c1cc(N)ccc1F. The second-order valence-corrected chi connectivity index (χ2v) is 4.78. The molecule has 1 amide bonds. The number of nitrogen functional groups attached to an aromatic ring is 1. The van der Waals surface area contributed by atoms with E-state index in [9.17, 15) is 14.0 Å². The average molecular weight is 296 g/mol. The highest BCUT2D eigenvalue weighted by Crippen LogP contribution is 2.14. The van der Waals surface area contributed by atoms with Crippen molar-refractivity contribution in [2.45, 2.75) is 39.2 Å². The maximum Gasteiger partial charge on any atom is 0.341 e. The van der Waals surface area contributed by atoms with Gasteiger partial charge in [-0.15, -0.1) is 0 Å². The highest BCUT2D eigenvalue weighted by atomic mass is 19.1. The van der Waals surface area contributed by atoms with E-state index >= 15 is 0 Å². The Morgan fingerprint density at radius 1 is 1.38 bits per heavy atom. The number of carbonyl (C=O) groups is 2. The van der Waals surface area contributed by atoms with Gasteiger partial charge in [-0.2, -0.15) is 0 Å². The third-order valence-electron chi connectivity index (χ3n) is 2.94. The van der Waals surface area contributed by atoms with Gasteiger partial charge in [-0.05, 0) is 31.5 Å². The van der Waals surface area contributed by atoms with Gasteiger partial charge in [-0.25, -0.2) is 9.18 Å². The van der Waals surface area contributed by atoms with Gasteiger partial charge in [0.15, 0.2) is 6.10 Å². The first-order valence-electron chi connectivity index (χ1n) is 6.99. The first kappa shape index (κ1) is 16.9. The number of anilines is 1. The van der Waals surface area contributed by atoms with Gasteiger partial charge in [0.25, 0.3) is 5.91 Å². The highest BCUT2D eigenvalue weighted by molar-refractivity contribution is 5.93. The first-order valence-corrected chi connectivity index (χ1v) is 6.99. The fourth-order valence-electron chi connectivity index (χ4n) is 1.71. The number of benzene rings is 1. The lowest BCUT2D eigenvalue weighted by atomic mass is 10.2. The van der Waals surface area contributed by atoms with E-state index in [2.05, 4.69) is 12.2 Å². The van der Waals surface area contributed by atoms with Crippen LogP contribution in [-0.2, 0) is 9.53 Å². The Morgan fingerprint density at radius 2 is 2.10 bits per heavy atom. The molecule has 0 aliphatic carbocycles. The van der Waals surface area contributed by atoms with Crippen molar-refractivity contribution in [1.82, 2.24) is 5.32 Å². The summed E-state index contributed by atoms with van der Waals surface area (Å²) in [5.41, 5.74) is 5.47. The molecule has 0 saturated carbocycles. The summed E-state index contributed by atoms with van der Waals surface area (Å²) in [5.74, 6) is -2.04. The van der Waals surface area contributed by atoms with E-state index in [0.717, 1.165) is 25.3 Å². The molecule has 6 heteroatoms. The summed E-state index contributed by atoms with van der Waals surface area (Å²) >= 11 is 0. The topological polar surface area (TPSA) is 81.4 Å². The standard InChI is InChI=1S/C15H21FN2O3/c1-3-4-5-8-18-14(19)10(2)21-15(20)12-9-11(17)6-7-13(12)16/h6-7,9-10H,3-5,8,17H2,1-2H3,(H,18,19). The molecule has 0 spiro atoms. The highest BCUT2D eigenvalue weighted by Gasteiger charge is 2.20. The minimum absolute atomic E-state index is 0.250. The van der Waals surface area contributed by atoms with Gasteiger partial charge in [-0.3, -0.25) is 4.79 Å². The zero-order chi connectivity index (χ0) is 15.8. The van der Waals surface area contributed by atoms with Gasteiger partial charge < -0.3 is 15.8 Å². The number of esters is 1. The van der Waals surface area contributed by atoms with E-state index in [0.29, 0.717) is 6.54 Å². The number of halogens is 1. The van der Waals surface area contributed by atoms with Crippen LogP contribution in [0.3, 0.4) is 0 Å². The molecule has 0 aromatic heterocycles. The van der Waals surface area contributed by atoms with Gasteiger partial charge in [0.1, 0.15) is 5.82 Å². The smallest absolute Gasteiger partial charge is 0.341 e. The van der Waals surface area contributed by atoms with Crippen molar-refractivity contribution in [3.8, 4) is 0 Å². The van der Waals surface area contributed by atoms with Crippen molar-refractivity contribution >= 4 is 17.6 Å². The lowest BCUT2D eigenvalue weighted by Crippen LogP contribution is -2.36. The van der Waals surface area contributed by atoms with Gasteiger partial charge in [0.05, 0.1) is 5.56 Å². The molecule has 0 bridgehead atoms. The molecule has 3 N–H and O–H groups in total. The predicted molar refractivity (Wildman–Crippen MR) is 78.2 cm³/mol. The maximum atomic E-state index is 13.5. The summed E-state index contributed by atoms with van der Waals surface area (Å²) in [5, 5.41) is 2.67. The summed E-state index contributed by atoms with van der Waals surface area (Å²) in [6.45, 7) is 4.03. The monoisotopic (exact) mass is 296 g/mol. The number of ether oxygens (including phenoxy) is 1. The number of nitrogens with two attached hydrogens (primary N) is 1. The largest absolute Gasteiger partial charge is 0.449 e. The van der Waals surface area contributed by atoms with Crippen molar-refractivity contribution < 1.29 is 18.7 Å². The molecule has 1 rings (SSSR count). The fraction of sp³-hybridized carbons (Fsp3) is 0.467. The molecule has 1 unspecified atom stereocenters. The van der Waals surface area contributed by atoms with Crippen LogP contribution in [0.2, 0.25) is 0 Å². The van der Waals surface area contributed by atoms with Gasteiger partial charge in [0, 0.05) is 12.2 Å². The van der Waals surface area contributed by atoms with Crippen molar-refractivity contribution in [2.75, 3.05) is 12.3 Å². The number of rotatable bonds is 7. The van der Waals surface area contributed by atoms with Crippen molar-refractivity contribution in [3.63, 3.8) is 0 Å². The summed E-state index contributed by atoms with van der Waals surface area (Å²) in [6.07, 6.45) is 1.95. The Balaban J connectivity index is 2.53. The van der Waals surface area contributed by atoms with Gasteiger partial charge in [-0.1, -0.05) is 19.8 Å². The van der Waals surface area contributed by atoms with Crippen LogP contribution in [0.15, 0.2) is 18.2 Å². The molecule has 0 aliphatic heterocycles. The number of hydrogen-bond donors (Lipinski definition) is 2. The summed E-state index contributed by atoms with van der Waals surface area (Å²) < 4.78 is 18.4. The number of hydrogen-bond acceptors (Lipinski definition) is 4. The van der Waals surface area contributed by atoms with E-state index in [4.69, 9.17) is 10.5 Å². The molecule has 0 aliphatic rings. The molecular weight excluding hydrogens is 275 g/mol. The third-order valence-corrected chi connectivity index (χ3v) is 2.94. The molecule has 21 heavy (non-hydrogen) atoms. The summed E-state index contributed by atoms with van der Waals surface area (Å²) in [7, 11) is 0. The van der Waals surface area contributed by atoms with Crippen LogP contribution in [0.4, 0.5) is 10.1 Å². The van der Waals surface area contributed by atoms with Crippen LogP contribution in [0, 0.1) is 5.82 Å². The number of unbranched alkanes of at least 4 members (excludes halogenated alkanes) is 2. The van der Waals surface area contributed by atoms with E-state index in [1.165, 1.54) is 19.1 Å². The zero-order valence-electron chi connectivity index (χ0n) is 12.3. The molecular formula is C15H21FN2O3. The molecule has 0 radical (unpaired) electrons. The second kappa shape index (κ2) is 8.24. The molecule has 5 nitrogen and oxygen atoms in total. The minimum atomic E-state index is -0.986. The lowest BCUT2D eigenvalue weighted by Gasteiger charge is -2.14. The number of nitrogens with one attached hydrogen (secondary N) is 1. The minimum Gasteiger partial charge on any atom is -0.449 e. The van der Waals surface area contributed by atoms with E-state index in [1.807, 2.05) is 0 Å². The van der Waals surface area contributed by atoms with E-state index in [1.54, 1.807) is 0 Å². The van der Waals surface area contributed by atoms with E-state index < -0.39 is 23.8 Å². The molecule has 1 aromatic rings. The summed E-state index contributed by atoms with van der Waals surface area (Å²) in [6, 6.07) is 3.61. The fourth-order valence-corrected chi connectivity index (χ4v) is 1.71. The van der Waals surface area contributed by atoms with Crippen molar-refractivity contribution in [1.29, 1.82) is 0 Å². The molecule has 1 aromatic carbocycles. The normalized spacial score (nSPS) is 11.8. The van der Waals surface area contributed by atoms with Crippen LogP contribution >= 0.6 is 0 Å².